The summed E-state index contributed by atoms with van der Waals surface area (Å²) in [4.78, 5) is 28.4. The third kappa shape index (κ3) is 4.14. The Morgan fingerprint density at radius 2 is 2.04 bits per heavy atom. The van der Waals surface area contributed by atoms with Crippen molar-refractivity contribution in [2.24, 2.45) is 0 Å². The highest BCUT2D eigenvalue weighted by Crippen LogP contribution is 2.31. The molecule has 1 fully saturated rings. The normalized spacial score (nSPS) is 19.2. The third-order valence-electron chi connectivity index (χ3n) is 4.20. The number of aromatic nitrogens is 1. The van der Waals surface area contributed by atoms with E-state index in [1.54, 1.807) is 42.2 Å². The quantitative estimate of drug-likeness (QED) is 0.466. The number of nitrogens with zero attached hydrogens (tertiary/aromatic N) is 1. The summed E-state index contributed by atoms with van der Waals surface area (Å²) in [6.07, 6.45) is -0.611. The molecule has 0 amide bonds. The highest BCUT2D eigenvalue weighted by atomic mass is 32.2. The van der Waals surface area contributed by atoms with Crippen LogP contribution in [0.3, 0.4) is 0 Å². The van der Waals surface area contributed by atoms with Crippen LogP contribution in [0.1, 0.15) is 29.3 Å². The lowest BCUT2D eigenvalue weighted by molar-refractivity contribution is -0.147. The number of carbonyl (C=O) groups is 2. The predicted octanol–water partition coefficient (Wildman–Crippen LogP) is 4.45. The number of hydrogen-bond acceptors (Lipinski definition) is 7. The second-order valence-corrected chi connectivity index (χ2v) is 8.56. The van der Waals surface area contributed by atoms with Gasteiger partial charge in [0.25, 0.3) is 0 Å². The van der Waals surface area contributed by atoms with E-state index in [0.717, 1.165) is 21.2 Å². The van der Waals surface area contributed by atoms with Crippen molar-refractivity contribution in [2.45, 2.75) is 35.6 Å². The monoisotopic (exact) mass is 399 g/mol. The first kappa shape index (κ1) is 18.0. The molecular weight excluding hydrogens is 382 g/mol. The number of thioether (sulfide) groups is 1. The van der Waals surface area contributed by atoms with E-state index in [4.69, 9.17) is 9.47 Å². The van der Waals surface area contributed by atoms with Gasteiger partial charge in [0.15, 0.2) is 4.34 Å². The Balaban J connectivity index is 1.35. The Morgan fingerprint density at radius 3 is 2.74 bits per heavy atom. The molecule has 0 saturated carbocycles. The summed E-state index contributed by atoms with van der Waals surface area (Å²) in [6.45, 7) is 1.78. The summed E-state index contributed by atoms with van der Waals surface area (Å²) in [5.74, 6) is -0.210. The molecule has 0 spiro atoms. The van der Waals surface area contributed by atoms with Crippen LogP contribution in [0.15, 0.2) is 52.9 Å². The molecule has 2 heterocycles. The van der Waals surface area contributed by atoms with E-state index in [-0.39, 0.29) is 6.10 Å². The van der Waals surface area contributed by atoms with Crippen LogP contribution >= 0.6 is 23.1 Å². The fourth-order valence-corrected chi connectivity index (χ4v) is 4.83. The second kappa shape index (κ2) is 7.70. The van der Waals surface area contributed by atoms with Gasteiger partial charge in [-0.1, -0.05) is 36.0 Å². The number of benzene rings is 2. The largest absolute Gasteiger partial charge is 0.460 e. The number of hydrogen-bond donors (Lipinski definition) is 0. The fraction of sp³-hybridized carbons (Fsp3) is 0.250. The first-order valence-corrected chi connectivity index (χ1v) is 10.4. The molecule has 0 radical (unpaired) electrons. The molecule has 0 bridgehead atoms. The zero-order valence-corrected chi connectivity index (χ0v) is 16.2. The zero-order valence-electron chi connectivity index (χ0n) is 14.6. The SMILES string of the molecule is C[C@@H]1C[C@@H](OC(=O)c2ccc(CSc3nc4ccccc4s3)cc2)C(=O)O1. The van der Waals surface area contributed by atoms with Gasteiger partial charge in [0.2, 0.25) is 6.10 Å². The van der Waals surface area contributed by atoms with Gasteiger partial charge >= 0.3 is 11.9 Å². The molecule has 3 aromatic rings. The smallest absolute Gasteiger partial charge is 0.347 e. The third-order valence-corrected chi connectivity index (χ3v) is 6.45. The van der Waals surface area contributed by atoms with Gasteiger partial charge in [-0.15, -0.1) is 11.3 Å². The summed E-state index contributed by atoms with van der Waals surface area (Å²) in [7, 11) is 0. The summed E-state index contributed by atoms with van der Waals surface area (Å²) >= 11 is 3.35. The minimum Gasteiger partial charge on any atom is -0.460 e. The van der Waals surface area contributed by atoms with Crippen molar-refractivity contribution in [3.63, 3.8) is 0 Å². The number of esters is 2. The van der Waals surface area contributed by atoms with Crippen LogP contribution < -0.4 is 0 Å². The van der Waals surface area contributed by atoms with Crippen LogP contribution in [-0.4, -0.2) is 29.1 Å². The lowest BCUT2D eigenvalue weighted by atomic mass is 10.1. The van der Waals surface area contributed by atoms with Gasteiger partial charge in [0.1, 0.15) is 6.10 Å². The van der Waals surface area contributed by atoms with Gasteiger partial charge in [0.05, 0.1) is 15.8 Å². The van der Waals surface area contributed by atoms with E-state index < -0.39 is 18.0 Å². The molecule has 1 saturated heterocycles. The molecule has 2 atom stereocenters. The molecule has 2 aromatic carbocycles. The number of rotatable bonds is 5. The Labute approximate surface area is 164 Å². The van der Waals surface area contributed by atoms with E-state index in [1.807, 2.05) is 30.3 Å². The van der Waals surface area contributed by atoms with Gasteiger partial charge in [0, 0.05) is 12.2 Å². The molecule has 138 valence electrons. The van der Waals surface area contributed by atoms with Crippen molar-refractivity contribution in [1.29, 1.82) is 0 Å². The topological polar surface area (TPSA) is 65.5 Å². The molecule has 5 nitrogen and oxygen atoms in total. The van der Waals surface area contributed by atoms with Gasteiger partial charge in [-0.3, -0.25) is 0 Å². The number of para-hydroxylation sites is 1. The van der Waals surface area contributed by atoms with Gasteiger partial charge in [-0.05, 0) is 36.8 Å². The minimum atomic E-state index is -0.804. The molecule has 1 aliphatic rings. The molecule has 0 aliphatic carbocycles. The van der Waals surface area contributed by atoms with Crippen molar-refractivity contribution >= 4 is 45.3 Å². The van der Waals surface area contributed by atoms with Gasteiger partial charge in [-0.2, -0.15) is 0 Å². The Hall–Kier alpha value is -2.38. The highest BCUT2D eigenvalue weighted by Gasteiger charge is 2.35. The number of cyclic esters (lactones) is 1. The van der Waals surface area contributed by atoms with E-state index in [9.17, 15) is 9.59 Å². The molecule has 1 aromatic heterocycles. The Kier molecular flexibility index (Phi) is 5.13. The molecule has 1 aliphatic heterocycles. The van der Waals surface area contributed by atoms with E-state index in [0.29, 0.717) is 12.0 Å². The van der Waals surface area contributed by atoms with Crippen LogP contribution in [0.5, 0.6) is 0 Å². The van der Waals surface area contributed by atoms with E-state index in [2.05, 4.69) is 11.1 Å². The first-order valence-electron chi connectivity index (χ1n) is 8.57. The zero-order chi connectivity index (χ0) is 18.8. The summed E-state index contributed by atoms with van der Waals surface area (Å²) in [6, 6.07) is 15.3. The maximum absolute atomic E-state index is 12.2. The van der Waals surface area contributed by atoms with Crippen molar-refractivity contribution in [1.82, 2.24) is 4.98 Å². The minimum absolute atomic E-state index is 0.211. The molecule has 4 rings (SSSR count). The second-order valence-electron chi connectivity index (χ2n) is 6.31. The molecular formula is C20H17NO4S2. The predicted molar refractivity (Wildman–Crippen MR) is 105 cm³/mol. The molecule has 0 unspecified atom stereocenters. The van der Waals surface area contributed by atoms with Gasteiger partial charge < -0.3 is 9.47 Å². The van der Waals surface area contributed by atoms with Crippen LogP contribution in [0, 0.1) is 0 Å². The Bertz CT molecular complexity index is 950. The summed E-state index contributed by atoms with van der Waals surface area (Å²) < 4.78 is 12.5. The maximum Gasteiger partial charge on any atom is 0.347 e. The van der Waals surface area contributed by atoms with E-state index >= 15 is 0 Å². The average molecular weight is 399 g/mol. The lowest BCUT2D eigenvalue weighted by Crippen LogP contribution is -2.22. The van der Waals surface area contributed by atoms with Crippen molar-refractivity contribution < 1.29 is 19.1 Å². The van der Waals surface area contributed by atoms with Crippen LogP contribution in [-0.2, 0) is 20.0 Å². The Morgan fingerprint density at radius 1 is 1.26 bits per heavy atom. The maximum atomic E-state index is 12.2. The van der Waals surface area contributed by atoms with Gasteiger partial charge in [-0.25, -0.2) is 14.6 Å². The van der Waals surface area contributed by atoms with Crippen LogP contribution in [0.2, 0.25) is 0 Å². The van der Waals surface area contributed by atoms with Crippen molar-refractivity contribution in [3.8, 4) is 0 Å². The van der Waals surface area contributed by atoms with Crippen LogP contribution in [0.4, 0.5) is 0 Å². The van der Waals surface area contributed by atoms with Crippen molar-refractivity contribution in [2.75, 3.05) is 0 Å². The standard InChI is InChI=1S/C20H17NO4S2/c1-12-10-16(19(23)24-12)25-18(22)14-8-6-13(7-9-14)11-26-20-21-15-4-2-3-5-17(15)27-20/h2-9,12,16H,10-11H2,1H3/t12-,16-/m1/s1. The molecule has 27 heavy (non-hydrogen) atoms. The van der Waals surface area contributed by atoms with Crippen LogP contribution in [0.25, 0.3) is 10.2 Å². The average Bonchev–Trinajstić information content (AvgIpc) is 3.22. The number of fused-ring (bicyclic) bond motifs is 1. The molecule has 7 heteroatoms. The number of thiazole rings is 1. The van der Waals surface area contributed by atoms with Crippen molar-refractivity contribution in [3.05, 3.63) is 59.7 Å². The first-order chi connectivity index (χ1) is 13.1. The van der Waals surface area contributed by atoms with E-state index in [1.165, 1.54) is 4.70 Å². The molecule has 0 N–H and O–H groups in total. The summed E-state index contributed by atoms with van der Waals surface area (Å²) in [5, 5.41) is 0. The number of ether oxygens (including phenoxy) is 2. The highest BCUT2D eigenvalue weighted by molar-refractivity contribution is 8.00. The number of carbonyl (C=O) groups excluding carboxylic acids is 2. The summed E-state index contributed by atoms with van der Waals surface area (Å²) in [5.41, 5.74) is 2.53. The fourth-order valence-electron chi connectivity index (χ4n) is 2.81. The lowest BCUT2D eigenvalue weighted by Gasteiger charge is -2.08.